The summed E-state index contributed by atoms with van der Waals surface area (Å²) in [4.78, 5) is 16.7. The lowest BCUT2D eigenvalue weighted by Crippen LogP contribution is -2.43. The number of carbonyl (C=O) groups excluding carboxylic acids is 1. The van der Waals surface area contributed by atoms with Crippen molar-refractivity contribution in [2.75, 3.05) is 6.61 Å². The number of nitrogens with zero attached hydrogens (tertiary/aromatic N) is 1. The average molecular weight is 354 g/mol. The van der Waals surface area contributed by atoms with Crippen molar-refractivity contribution >= 4 is 5.91 Å². The summed E-state index contributed by atoms with van der Waals surface area (Å²) < 4.78 is 11.6. The largest absolute Gasteiger partial charge is 0.489 e. The minimum absolute atomic E-state index is 0.0637. The van der Waals surface area contributed by atoms with Crippen molar-refractivity contribution in [3.05, 3.63) is 59.9 Å². The Labute approximate surface area is 154 Å². The highest BCUT2D eigenvalue weighted by atomic mass is 16.5. The fraction of sp³-hybridized carbons (Fsp3) is 0.429. The molecule has 5 nitrogen and oxygen atoms in total. The van der Waals surface area contributed by atoms with Crippen LogP contribution in [0.1, 0.15) is 42.6 Å². The van der Waals surface area contributed by atoms with Crippen LogP contribution in [-0.4, -0.2) is 29.6 Å². The zero-order chi connectivity index (χ0) is 18.4. The van der Waals surface area contributed by atoms with E-state index in [1.165, 1.54) is 0 Å². The molecule has 1 N–H and O–H groups in total. The molecule has 1 amide bonds. The second-order valence-corrected chi connectivity index (χ2v) is 7.03. The van der Waals surface area contributed by atoms with E-state index < -0.39 is 0 Å². The van der Waals surface area contributed by atoms with Crippen LogP contribution in [-0.2, 0) is 11.3 Å². The van der Waals surface area contributed by atoms with Crippen LogP contribution in [0.4, 0.5) is 0 Å². The summed E-state index contributed by atoms with van der Waals surface area (Å²) in [6.45, 7) is 5.42. The Kier molecular flexibility index (Phi) is 6.23. The van der Waals surface area contributed by atoms with E-state index in [1.807, 2.05) is 30.3 Å². The number of aromatic nitrogens is 1. The molecular formula is C21H26N2O3. The van der Waals surface area contributed by atoms with E-state index in [1.54, 1.807) is 18.5 Å². The Hall–Kier alpha value is -2.40. The Balaban J connectivity index is 1.57. The molecule has 2 atom stereocenters. The molecule has 1 aliphatic rings. The van der Waals surface area contributed by atoms with Crippen molar-refractivity contribution in [1.82, 2.24) is 10.3 Å². The van der Waals surface area contributed by atoms with Crippen LogP contribution in [0.3, 0.4) is 0 Å². The molecule has 0 aliphatic carbocycles. The highest BCUT2D eigenvalue weighted by Gasteiger charge is 2.26. The number of nitrogens with one attached hydrogen (secondary N) is 1. The van der Waals surface area contributed by atoms with E-state index in [4.69, 9.17) is 9.47 Å². The zero-order valence-corrected chi connectivity index (χ0v) is 15.4. The van der Waals surface area contributed by atoms with Gasteiger partial charge in [-0.25, -0.2) is 0 Å². The van der Waals surface area contributed by atoms with Gasteiger partial charge in [0.05, 0.1) is 6.10 Å². The van der Waals surface area contributed by atoms with Gasteiger partial charge in [-0.15, -0.1) is 0 Å². The Morgan fingerprint density at radius 2 is 2.23 bits per heavy atom. The van der Waals surface area contributed by atoms with Gasteiger partial charge in [0, 0.05) is 36.2 Å². The number of carbonyl (C=O) groups is 1. The van der Waals surface area contributed by atoms with Gasteiger partial charge in [-0.2, -0.15) is 0 Å². The average Bonchev–Trinajstić information content (AvgIpc) is 2.67. The maximum Gasteiger partial charge on any atom is 0.251 e. The molecule has 0 bridgehead atoms. The van der Waals surface area contributed by atoms with Gasteiger partial charge in [0.15, 0.2) is 0 Å². The molecular weight excluding hydrogens is 328 g/mol. The highest BCUT2D eigenvalue weighted by molar-refractivity contribution is 5.94. The maximum atomic E-state index is 12.6. The first-order chi connectivity index (χ1) is 12.6. The number of benzene rings is 1. The zero-order valence-electron chi connectivity index (χ0n) is 15.4. The molecule has 138 valence electrons. The second kappa shape index (κ2) is 8.81. The lowest BCUT2D eigenvalue weighted by molar-refractivity contribution is -0.0233. The van der Waals surface area contributed by atoms with Crippen molar-refractivity contribution in [2.24, 2.45) is 5.92 Å². The summed E-state index contributed by atoms with van der Waals surface area (Å²) in [5, 5.41) is 3.14. The molecule has 26 heavy (non-hydrogen) atoms. The van der Waals surface area contributed by atoms with E-state index in [0.717, 1.165) is 18.4 Å². The normalized spacial score (nSPS) is 20.0. The van der Waals surface area contributed by atoms with Gasteiger partial charge < -0.3 is 14.8 Å². The third-order valence-corrected chi connectivity index (χ3v) is 4.62. The fourth-order valence-electron chi connectivity index (χ4n) is 3.07. The van der Waals surface area contributed by atoms with Crippen molar-refractivity contribution in [1.29, 1.82) is 0 Å². The summed E-state index contributed by atoms with van der Waals surface area (Å²) in [6.07, 6.45) is 5.43. The molecule has 1 saturated heterocycles. The van der Waals surface area contributed by atoms with Gasteiger partial charge in [0.1, 0.15) is 12.4 Å². The summed E-state index contributed by atoms with van der Waals surface area (Å²) >= 11 is 0. The molecule has 0 radical (unpaired) electrons. The van der Waals surface area contributed by atoms with Crippen LogP contribution in [0.15, 0.2) is 48.8 Å². The third-order valence-electron chi connectivity index (χ3n) is 4.62. The first-order valence-electron chi connectivity index (χ1n) is 9.16. The topological polar surface area (TPSA) is 60.5 Å². The summed E-state index contributed by atoms with van der Waals surface area (Å²) in [5.41, 5.74) is 1.60. The number of rotatable bonds is 6. The van der Waals surface area contributed by atoms with Crippen molar-refractivity contribution in [2.45, 2.75) is 45.4 Å². The van der Waals surface area contributed by atoms with Gasteiger partial charge >= 0.3 is 0 Å². The first kappa shape index (κ1) is 18.4. The standard InChI is InChI=1S/C21H26N2O3/c1-15(2)20-12-18(8-10-25-20)23-21(24)17-6-3-7-19(11-17)26-14-16-5-4-9-22-13-16/h3-7,9,11,13,15,18,20H,8,10,12,14H2,1-2H3,(H,23,24)/t18-,20-/m0/s1. The lowest BCUT2D eigenvalue weighted by atomic mass is 9.95. The molecule has 3 rings (SSSR count). The van der Waals surface area contributed by atoms with Crippen LogP contribution in [0.5, 0.6) is 5.75 Å². The second-order valence-electron chi connectivity index (χ2n) is 7.03. The van der Waals surface area contributed by atoms with Crippen molar-refractivity contribution in [3.63, 3.8) is 0 Å². The molecule has 0 unspecified atom stereocenters. The van der Waals surface area contributed by atoms with E-state index in [-0.39, 0.29) is 18.1 Å². The molecule has 1 aliphatic heterocycles. The van der Waals surface area contributed by atoms with E-state index >= 15 is 0 Å². The number of pyridine rings is 1. The molecule has 1 fully saturated rings. The van der Waals surface area contributed by atoms with E-state index in [9.17, 15) is 4.79 Å². The van der Waals surface area contributed by atoms with Crippen LogP contribution >= 0.6 is 0 Å². The Morgan fingerprint density at radius 3 is 3.00 bits per heavy atom. The minimum Gasteiger partial charge on any atom is -0.489 e. The first-order valence-corrected chi connectivity index (χ1v) is 9.16. The van der Waals surface area contributed by atoms with E-state index in [2.05, 4.69) is 24.1 Å². The number of amides is 1. The van der Waals surface area contributed by atoms with Gasteiger partial charge in [-0.05, 0) is 43.0 Å². The third kappa shape index (κ3) is 5.05. The minimum atomic E-state index is -0.0637. The van der Waals surface area contributed by atoms with Crippen molar-refractivity contribution in [3.8, 4) is 5.75 Å². The van der Waals surface area contributed by atoms with Crippen molar-refractivity contribution < 1.29 is 14.3 Å². The maximum absolute atomic E-state index is 12.6. The molecule has 1 aromatic carbocycles. The molecule has 0 spiro atoms. The van der Waals surface area contributed by atoms with Gasteiger partial charge in [-0.1, -0.05) is 26.0 Å². The van der Waals surface area contributed by atoms with Gasteiger partial charge in [0.25, 0.3) is 5.91 Å². The predicted octanol–water partition coefficient (Wildman–Crippen LogP) is 3.59. The number of hydrogen-bond acceptors (Lipinski definition) is 4. The van der Waals surface area contributed by atoms with Gasteiger partial charge in [0.2, 0.25) is 0 Å². The van der Waals surface area contributed by atoms with E-state index in [0.29, 0.717) is 30.4 Å². The summed E-state index contributed by atoms with van der Waals surface area (Å²) in [5.74, 6) is 1.07. The van der Waals surface area contributed by atoms with Crippen LogP contribution < -0.4 is 10.1 Å². The van der Waals surface area contributed by atoms with Gasteiger partial charge in [-0.3, -0.25) is 9.78 Å². The van der Waals surface area contributed by atoms with Crippen LogP contribution in [0, 0.1) is 5.92 Å². The molecule has 0 saturated carbocycles. The van der Waals surface area contributed by atoms with Crippen LogP contribution in [0.2, 0.25) is 0 Å². The van der Waals surface area contributed by atoms with Crippen LogP contribution in [0.25, 0.3) is 0 Å². The Bertz CT molecular complexity index is 718. The fourth-order valence-corrected chi connectivity index (χ4v) is 3.07. The quantitative estimate of drug-likeness (QED) is 0.861. The number of hydrogen-bond donors (Lipinski definition) is 1. The summed E-state index contributed by atoms with van der Waals surface area (Å²) in [6, 6.07) is 11.3. The predicted molar refractivity (Wildman–Crippen MR) is 100 cm³/mol. The summed E-state index contributed by atoms with van der Waals surface area (Å²) in [7, 11) is 0. The monoisotopic (exact) mass is 354 g/mol. The smallest absolute Gasteiger partial charge is 0.251 e. The molecule has 1 aromatic heterocycles. The molecule has 2 heterocycles. The SMILES string of the molecule is CC(C)[C@@H]1C[C@@H](NC(=O)c2cccc(OCc3cccnc3)c2)CCO1. The lowest BCUT2D eigenvalue weighted by Gasteiger charge is -2.32. The number of ether oxygens (including phenoxy) is 2. The molecule has 2 aromatic rings. The highest BCUT2D eigenvalue weighted by Crippen LogP contribution is 2.21. The molecule has 5 heteroatoms. The Morgan fingerprint density at radius 1 is 1.35 bits per heavy atom.